The minimum atomic E-state index is -0.722. The molecule has 19 atom stereocenters. The number of esters is 1. The number of ether oxygens (including phenoxy) is 8. The van der Waals surface area contributed by atoms with Gasteiger partial charge in [0.25, 0.3) is 0 Å². The number of carbonyl (C=O) groups is 2. The van der Waals surface area contributed by atoms with Gasteiger partial charge in [0.2, 0.25) is 0 Å². The van der Waals surface area contributed by atoms with E-state index in [9.17, 15) is 9.18 Å². The van der Waals surface area contributed by atoms with Gasteiger partial charge in [-0.15, -0.1) is 0 Å². The number of allylic oxidation sites excluding steroid dienone is 2. The Morgan fingerprint density at radius 1 is 0.852 bits per heavy atom. The van der Waals surface area contributed by atoms with Gasteiger partial charge in [-0.3, -0.25) is 9.59 Å². The number of fused-ring (bicyclic) bond motifs is 8. The van der Waals surface area contributed by atoms with E-state index < -0.39 is 54.4 Å². The van der Waals surface area contributed by atoms with Gasteiger partial charge in [0, 0.05) is 45.3 Å². The van der Waals surface area contributed by atoms with Crippen LogP contribution in [0.15, 0.2) is 29.8 Å². The zero-order valence-corrected chi connectivity index (χ0v) is 37.4. The Morgan fingerprint density at radius 2 is 1.59 bits per heavy atom. The van der Waals surface area contributed by atoms with E-state index in [1.165, 1.54) is 12.1 Å². The van der Waals surface area contributed by atoms with Crippen LogP contribution in [0.2, 0.25) is 0 Å². The number of methoxy groups -OCH3 is 3. The maximum Gasteiger partial charge on any atom is 0.306 e. The van der Waals surface area contributed by atoms with Crippen molar-refractivity contribution in [2.24, 2.45) is 35.5 Å². The Bertz CT molecular complexity index is 1770. The lowest BCUT2D eigenvalue weighted by Crippen LogP contribution is -2.59. The highest BCUT2D eigenvalue weighted by atomic mass is 19.1. The Hall–Kier alpha value is -2.56. The highest BCUT2D eigenvalue weighted by Crippen LogP contribution is 2.65. The van der Waals surface area contributed by atoms with Crippen molar-refractivity contribution in [1.82, 2.24) is 4.90 Å². The summed E-state index contributed by atoms with van der Waals surface area (Å²) in [6.07, 6.45) is 4.22. The molecule has 12 nitrogen and oxygen atoms in total. The fraction of sp³-hybridized carbons (Fsp3) is 0.787. The maximum atomic E-state index is 15.8. The molecule has 0 N–H and O–H groups in total. The van der Waals surface area contributed by atoms with Crippen LogP contribution in [0.25, 0.3) is 0 Å². The minimum absolute atomic E-state index is 0.0234. The molecule has 0 amide bonds. The van der Waals surface area contributed by atoms with Gasteiger partial charge >= 0.3 is 5.97 Å². The van der Waals surface area contributed by atoms with Gasteiger partial charge in [0.15, 0.2) is 18.4 Å². The van der Waals surface area contributed by atoms with E-state index in [1.807, 2.05) is 20.8 Å². The lowest BCUT2D eigenvalue weighted by Gasteiger charge is -2.44. The van der Waals surface area contributed by atoms with Gasteiger partial charge in [-0.05, 0) is 121 Å². The third kappa shape index (κ3) is 8.58. The molecule has 8 rings (SSSR count). The summed E-state index contributed by atoms with van der Waals surface area (Å²) in [6.45, 7) is 8.00. The first-order valence-electron chi connectivity index (χ1n) is 22.8. The Kier molecular flexibility index (Phi) is 13.7. The lowest BCUT2D eigenvalue weighted by molar-refractivity contribution is -0.314. The highest BCUT2D eigenvalue weighted by molar-refractivity contribution is 5.99. The van der Waals surface area contributed by atoms with Gasteiger partial charge in [0.05, 0.1) is 48.6 Å². The number of likely N-dealkylation sites (N-methyl/N-ethyl adjacent to an activating group) is 1. The molecule has 2 saturated carbocycles. The van der Waals surface area contributed by atoms with Crippen LogP contribution in [0.4, 0.5) is 14.5 Å². The highest BCUT2D eigenvalue weighted by Gasteiger charge is 2.69. The number of ketones is 1. The fourth-order valence-electron chi connectivity index (χ4n) is 12.7. The predicted octanol–water partition coefficient (Wildman–Crippen LogP) is 6.47. The summed E-state index contributed by atoms with van der Waals surface area (Å²) >= 11 is 0. The van der Waals surface area contributed by atoms with Crippen molar-refractivity contribution in [3.63, 3.8) is 0 Å². The summed E-state index contributed by atoms with van der Waals surface area (Å²) in [4.78, 5) is 33.4. The van der Waals surface area contributed by atoms with Crippen LogP contribution < -0.4 is 4.90 Å². The van der Waals surface area contributed by atoms with Crippen LogP contribution in [0.5, 0.6) is 0 Å². The average molecular weight is 859 g/mol. The van der Waals surface area contributed by atoms with Crippen molar-refractivity contribution in [3.8, 4) is 0 Å². The lowest BCUT2D eigenvalue weighted by atomic mass is 9.66. The zero-order valence-electron chi connectivity index (χ0n) is 37.4. The molecular weight excluding hydrogens is 791 g/mol. The number of carbonyl (C=O) groups excluding carboxylic acids is 2. The molecule has 1 aromatic rings. The Labute approximate surface area is 360 Å². The monoisotopic (exact) mass is 858 g/mol. The van der Waals surface area contributed by atoms with Gasteiger partial charge in [-0.25, -0.2) is 8.78 Å². The van der Waals surface area contributed by atoms with Crippen LogP contribution in [0, 0.1) is 47.1 Å². The van der Waals surface area contributed by atoms with Crippen molar-refractivity contribution >= 4 is 17.4 Å². The van der Waals surface area contributed by atoms with Crippen molar-refractivity contribution in [1.29, 1.82) is 0 Å². The van der Waals surface area contributed by atoms with E-state index in [2.05, 4.69) is 36.9 Å². The molecule has 340 valence electrons. The van der Waals surface area contributed by atoms with Crippen LogP contribution in [0.1, 0.15) is 85.5 Å². The number of cyclic esters (lactones) is 1. The summed E-state index contributed by atoms with van der Waals surface area (Å²) in [6, 6.07) is 3.75. The molecule has 3 aliphatic carbocycles. The minimum Gasteiger partial charge on any atom is -0.462 e. The molecule has 4 heterocycles. The number of Topliss-reactive ketones (excluding diaryl/α,β-unsaturated/α-hetero) is 1. The number of rotatable bonds is 10. The number of hydrogen-bond donors (Lipinski definition) is 0. The molecule has 61 heavy (non-hydrogen) atoms. The smallest absolute Gasteiger partial charge is 0.306 e. The summed E-state index contributed by atoms with van der Waals surface area (Å²) in [7, 11) is 9.00. The van der Waals surface area contributed by atoms with E-state index in [1.54, 1.807) is 21.3 Å². The molecule has 0 unspecified atom stereocenters. The second kappa shape index (κ2) is 18.5. The number of benzene rings is 1. The molecule has 7 aliphatic rings. The summed E-state index contributed by atoms with van der Waals surface area (Å²) in [5.74, 6) is -2.71. The Morgan fingerprint density at radius 3 is 2.26 bits per heavy atom. The average Bonchev–Trinajstić information content (AvgIpc) is 3.60. The van der Waals surface area contributed by atoms with Gasteiger partial charge in [-0.2, -0.15) is 0 Å². The summed E-state index contributed by atoms with van der Waals surface area (Å²) < 4.78 is 80.2. The first kappa shape index (κ1) is 45.0. The largest absolute Gasteiger partial charge is 0.462 e. The van der Waals surface area contributed by atoms with E-state index >= 15 is 9.18 Å². The molecule has 4 saturated heterocycles. The van der Waals surface area contributed by atoms with E-state index in [0.717, 1.165) is 25.3 Å². The van der Waals surface area contributed by atoms with E-state index in [-0.39, 0.29) is 90.5 Å². The first-order chi connectivity index (χ1) is 29.3. The molecule has 1 aromatic carbocycles. The van der Waals surface area contributed by atoms with E-state index in [4.69, 9.17) is 37.9 Å². The summed E-state index contributed by atoms with van der Waals surface area (Å²) in [5.41, 5.74) is 0.971. The zero-order chi connectivity index (χ0) is 43.4. The van der Waals surface area contributed by atoms with Crippen molar-refractivity contribution in [2.45, 2.75) is 165 Å². The molecule has 0 radical (unpaired) electrons. The number of nitrogens with zero attached hydrogens (tertiary/aromatic N) is 2. The summed E-state index contributed by atoms with van der Waals surface area (Å²) in [5, 5.41) is 0. The number of halogens is 2. The van der Waals surface area contributed by atoms with Crippen molar-refractivity contribution in [2.75, 3.05) is 40.3 Å². The van der Waals surface area contributed by atoms with Gasteiger partial charge in [0.1, 0.15) is 36.1 Å². The molecule has 14 heteroatoms. The standard InChI is InChI=1S/C47H68F2N2O10/c1-10-27-12-11-13-37(61-39-17-16-35(50(5)6)24(3)57-39)23(2)43(53)33-21-30-29-19-28(60-47-46(56-9)45(55-8)44(54-7)25(4)58-47)20-32(29)41-42(40(30)31(33)22-38(52)59-27)51(41)36-15-14-26(48)18-34(36)49/h14-15,18,21,23-25,27-32,35,37,39-42,44-47H,10-13,16-17,19-20,22H2,1-9H3/t23-,24-,25+,27+,28+,29+,30+,31-,32-,35+,37+,39+,40-,41+,42-,44+,45-,46-,47+,51?/m1/s1. The van der Waals surface area contributed by atoms with Crippen LogP contribution >= 0.6 is 0 Å². The van der Waals surface area contributed by atoms with Crippen LogP contribution in [-0.2, 0) is 47.5 Å². The molecule has 6 fully saturated rings. The molecule has 0 spiro atoms. The SMILES string of the molecule is CC[C@H]1CCC[C@H](O[C@H]2CC[C@H](N(C)C)[C@@H](C)O2)[C@@H](C)C(=O)C2=C[C@H]3[C@@H]4C[C@H](O[C@@H]5O[C@@H](C)[C@H](OC)[C@@H](OC)[C@H]5OC)C[C@H]4[C@H]4[C@@H]([C@H]3[C@@H]2CC(=O)O1)N4c1ccc(F)cc1F. The quantitative estimate of drug-likeness (QED) is 0.190. The Balaban J connectivity index is 1.12. The number of anilines is 1. The topological polar surface area (TPSA) is 114 Å². The van der Waals surface area contributed by atoms with Crippen LogP contribution in [-0.4, -0.2) is 132 Å². The molecule has 0 aromatic heterocycles. The second-order valence-corrected chi connectivity index (χ2v) is 19.1. The first-order valence-corrected chi connectivity index (χ1v) is 22.8. The third-order valence-corrected chi connectivity index (χ3v) is 15.6. The molecule has 0 bridgehead atoms. The third-order valence-electron chi connectivity index (χ3n) is 15.6. The van der Waals surface area contributed by atoms with E-state index in [0.29, 0.717) is 43.4 Å². The van der Waals surface area contributed by atoms with Gasteiger partial charge in [-0.1, -0.05) is 19.9 Å². The molecule has 4 aliphatic heterocycles. The van der Waals surface area contributed by atoms with Crippen molar-refractivity contribution in [3.05, 3.63) is 41.5 Å². The number of hydrogen-bond acceptors (Lipinski definition) is 12. The van der Waals surface area contributed by atoms with Crippen LogP contribution in [0.3, 0.4) is 0 Å². The van der Waals surface area contributed by atoms with Crippen molar-refractivity contribution < 1.29 is 56.3 Å². The predicted molar refractivity (Wildman–Crippen MR) is 222 cm³/mol. The molecular formula is C47H68F2N2O10. The van der Waals surface area contributed by atoms with Gasteiger partial charge < -0.3 is 47.7 Å². The fourth-order valence-corrected chi connectivity index (χ4v) is 12.7. The normalized spacial score (nSPS) is 44.0. The second-order valence-electron chi connectivity index (χ2n) is 19.1. The maximum absolute atomic E-state index is 15.8.